The highest BCUT2D eigenvalue weighted by Gasteiger charge is 2.37. The molecule has 136 valence electrons. The van der Waals surface area contributed by atoms with E-state index in [0.29, 0.717) is 6.54 Å². The molecule has 1 aromatic carbocycles. The van der Waals surface area contributed by atoms with Gasteiger partial charge in [-0.05, 0) is 49.3 Å². The number of carbonyl (C=O) groups excluding carboxylic acids is 2. The van der Waals surface area contributed by atoms with Crippen LogP contribution in [0.25, 0.3) is 0 Å². The van der Waals surface area contributed by atoms with Gasteiger partial charge in [0.15, 0.2) is 0 Å². The SMILES string of the molecule is CC(C)[C@H](NC(=O)[C@H]1CCCN(C(=O)C2CC2)C1)c1ccc(F)cc1. The molecule has 1 heterocycles. The zero-order valence-corrected chi connectivity index (χ0v) is 15.0. The number of piperidine rings is 1. The van der Waals surface area contributed by atoms with Gasteiger partial charge in [-0.2, -0.15) is 0 Å². The summed E-state index contributed by atoms with van der Waals surface area (Å²) >= 11 is 0. The molecule has 1 aliphatic carbocycles. The smallest absolute Gasteiger partial charge is 0.225 e. The van der Waals surface area contributed by atoms with Crippen LogP contribution in [-0.4, -0.2) is 29.8 Å². The van der Waals surface area contributed by atoms with Gasteiger partial charge in [0.25, 0.3) is 0 Å². The molecule has 2 amide bonds. The van der Waals surface area contributed by atoms with Crippen molar-refractivity contribution in [3.8, 4) is 0 Å². The summed E-state index contributed by atoms with van der Waals surface area (Å²) in [5.74, 6) is 0.177. The third-order valence-corrected chi connectivity index (χ3v) is 5.22. The van der Waals surface area contributed by atoms with Gasteiger partial charge in [0.05, 0.1) is 12.0 Å². The van der Waals surface area contributed by atoms with Crippen molar-refractivity contribution in [2.75, 3.05) is 13.1 Å². The van der Waals surface area contributed by atoms with E-state index in [-0.39, 0.29) is 41.4 Å². The van der Waals surface area contributed by atoms with E-state index in [1.165, 1.54) is 12.1 Å². The van der Waals surface area contributed by atoms with Crippen molar-refractivity contribution < 1.29 is 14.0 Å². The van der Waals surface area contributed by atoms with Crippen molar-refractivity contribution >= 4 is 11.8 Å². The van der Waals surface area contributed by atoms with E-state index in [0.717, 1.165) is 37.8 Å². The van der Waals surface area contributed by atoms with Crippen LogP contribution in [0.1, 0.15) is 51.1 Å². The Morgan fingerprint density at radius 3 is 2.40 bits per heavy atom. The van der Waals surface area contributed by atoms with E-state index >= 15 is 0 Å². The number of hydrogen-bond acceptors (Lipinski definition) is 2. The van der Waals surface area contributed by atoms with Gasteiger partial charge in [0.2, 0.25) is 11.8 Å². The number of halogens is 1. The Hall–Kier alpha value is -1.91. The number of nitrogens with zero attached hydrogens (tertiary/aromatic N) is 1. The molecular weight excluding hydrogens is 319 g/mol. The second-order valence-electron chi connectivity index (χ2n) is 7.68. The third-order valence-electron chi connectivity index (χ3n) is 5.22. The van der Waals surface area contributed by atoms with E-state index in [4.69, 9.17) is 0 Å². The van der Waals surface area contributed by atoms with Crippen molar-refractivity contribution in [1.82, 2.24) is 10.2 Å². The van der Waals surface area contributed by atoms with Crippen LogP contribution in [0, 0.1) is 23.6 Å². The van der Waals surface area contributed by atoms with Gasteiger partial charge in [0.1, 0.15) is 5.82 Å². The lowest BCUT2D eigenvalue weighted by Crippen LogP contribution is -2.47. The average molecular weight is 346 g/mol. The van der Waals surface area contributed by atoms with Crippen LogP contribution in [-0.2, 0) is 9.59 Å². The molecule has 2 aliphatic rings. The molecule has 4 nitrogen and oxygen atoms in total. The van der Waals surface area contributed by atoms with Gasteiger partial charge in [-0.25, -0.2) is 4.39 Å². The van der Waals surface area contributed by atoms with Gasteiger partial charge in [-0.1, -0.05) is 26.0 Å². The number of nitrogens with one attached hydrogen (secondary N) is 1. The van der Waals surface area contributed by atoms with Crippen LogP contribution in [0.3, 0.4) is 0 Å². The average Bonchev–Trinajstić information content (AvgIpc) is 3.44. The summed E-state index contributed by atoms with van der Waals surface area (Å²) in [5, 5.41) is 3.13. The van der Waals surface area contributed by atoms with Crippen LogP contribution in [0.5, 0.6) is 0 Å². The lowest BCUT2D eigenvalue weighted by atomic mass is 9.92. The Bertz CT molecular complexity index is 625. The summed E-state index contributed by atoms with van der Waals surface area (Å²) in [6.45, 7) is 5.37. The van der Waals surface area contributed by atoms with Crippen LogP contribution in [0.15, 0.2) is 24.3 Å². The Kier molecular flexibility index (Phi) is 5.40. The van der Waals surface area contributed by atoms with E-state index in [2.05, 4.69) is 5.32 Å². The molecule has 2 atom stereocenters. The number of likely N-dealkylation sites (tertiary alicyclic amines) is 1. The topological polar surface area (TPSA) is 49.4 Å². The molecular formula is C20H27FN2O2. The largest absolute Gasteiger partial charge is 0.349 e. The standard InChI is InChI=1S/C20H27FN2O2/c1-13(2)18(14-7-9-17(21)10-8-14)22-19(24)16-4-3-11-23(12-16)20(25)15-5-6-15/h7-10,13,15-16,18H,3-6,11-12H2,1-2H3,(H,22,24)/t16-,18-/m0/s1. The second-order valence-corrected chi connectivity index (χ2v) is 7.68. The zero-order valence-electron chi connectivity index (χ0n) is 15.0. The molecule has 0 radical (unpaired) electrons. The fourth-order valence-corrected chi connectivity index (χ4v) is 3.56. The fraction of sp³-hybridized carbons (Fsp3) is 0.600. The predicted molar refractivity (Wildman–Crippen MR) is 94.1 cm³/mol. The highest BCUT2D eigenvalue weighted by Crippen LogP contribution is 2.32. The minimum absolute atomic E-state index is 0.00341. The molecule has 2 fully saturated rings. The second kappa shape index (κ2) is 7.54. The Morgan fingerprint density at radius 1 is 1.12 bits per heavy atom. The molecule has 1 saturated carbocycles. The van der Waals surface area contributed by atoms with Gasteiger partial charge in [0, 0.05) is 19.0 Å². The zero-order chi connectivity index (χ0) is 18.0. The maximum Gasteiger partial charge on any atom is 0.225 e. The Morgan fingerprint density at radius 2 is 1.80 bits per heavy atom. The molecule has 1 saturated heterocycles. The molecule has 0 spiro atoms. The summed E-state index contributed by atoms with van der Waals surface area (Å²) in [6, 6.07) is 6.15. The van der Waals surface area contributed by atoms with Gasteiger partial charge in [-0.3, -0.25) is 9.59 Å². The number of amides is 2. The first-order chi connectivity index (χ1) is 12.0. The van der Waals surface area contributed by atoms with Crippen molar-refractivity contribution in [1.29, 1.82) is 0 Å². The Labute approximate surface area is 148 Å². The Balaban J connectivity index is 1.64. The molecule has 1 aromatic rings. The molecule has 3 rings (SSSR count). The summed E-state index contributed by atoms with van der Waals surface area (Å²) in [4.78, 5) is 26.9. The molecule has 25 heavy (non-hydrogen) atoms. The summed E-state index contributed by atoms with van der Waals surface area (Å²) < 4.78 is 13.2. The van der Waals surface area contributed by atoms with Gasteiger partial charge >= 0.3 is 0 Å². The summed E-state index contributed by atoms with van der Waals surface area (Å²) in [5.41, 5.74) is 0.909. The van der Waals surface area contributed by atoms with Crippen LogP contribution in [0.2, 0.25) is 0 Å². The number of benzene rings is 1. The van der Waals surface area contributed by atoms with Crippen LogP contribution < -0.4 is 5.32 Å². The molecule has 0 aromatic heterocycles. The van der Waals surface area contributed by atoms with Crippen LogP contribution in [0.4, 0.5) is 4.39 Å². The van der Waals surface area contributed by atoms with E-state index in [9.17, 15) is 14.0 Å². The summed E-state index contributed by atoms with van der Waals surface area (Å²) in [7, 11) is 0. The first-order valence-corrected chi connectivity index (χ1v) is 9.30. The lowest BCUT2D eigenvalue weighted by molar-refractivity contribution is -0.137. The van der Waals surface area contributed by atoms with Crippen molar-refractivity contribution in [3.63, 3.8) is 0 Å². The third kappa shape index (κ3) is 4.39. The fourth-order valence-electron chi connectivity index (χ4n) is 3.56. The maximum atomic E-state index is 13.2. The van der Waals surface area contributed by atoms with Crippen LogP contribution >= 0.6 is 0 Å². The van der Waals surface area contributed by atoms with Gasteiger partial charge < -0.3 is 10.2 Å². The molecule has 5 heteroatoms. The lowest BCUT2D eigenvalue weighted by Gasteiger charge is -2.33. The quantitative estimate of drug-likeness (QED) is 0.889. The molecule has 1 aliphatic heterocycles. The predicted octanol–water partition coefficient (Wildman–Crippen LogP) is 3.29. The minimum Gasteiger partial charge on any atom is -0.349 e. The van der Waals surface area contributed by atoms with Gasteiger partial charge in [-0.15, -0.1) is 0 Å². The van der Waals surface area contributed by atoms with E-state index in [1.807, 2.05) is 18.7 Å². The van der Waals surface area contributed by atoms with Crippen molar-refractivity contribution in [2.45, 2.75) is 45.6 Å². The molecule has 0 bridgehead atoms. The highest BCUT2D eigenvalue weighted by molar-refractivity contribution is 5.83. The molecule has 1 N–H and O–H groups in total. The highest BCUT2D eigenvalue weighted by atomic mass is 19.1. The monoisotopic (exact) mass is 346 g/mol. The number of carbonyl (C=O) groups is 2. The van der Waals surface area contributed by atoms with E-state index < -0.39 is 0 Å². The molecule has 0 unspecified atom stereocenters. The number of rotatable bonds is 5. The number of hydrogen-bond donors (Lipinski definition) is 1. The first kappa shape index (κ1) is 17.9. The normalized spacial score (nSPS) is 21.9. The minimum atomic E-state index is -0.279. The first-order valence-electron chi connectivity index (χ1n) is 9.30. The van der Waals surface area contributed by atoms with Crippen molar-refractivity contribution in [3.05, 3.63) is 35.6 Å². The maximum absolute atomic E-state index is 13.2. The summed E-state index contributed by atoms with van der Waals surface area (Å²) in [6.07, 6.45) is 3.67. The van der Waals surface area contributed by atoms with E-state index in [1.54, 1.807) is 12.1 Å². The van der Waals surface area contributed by atoms with Crippen molar-refractivity contribution in [2.24, 2.45) is 17.8 Å².